The van der Waals surface area contributed by atoms with E-state index in [0.717, 1.165) is 51.7 Å². The summed E-state index contributed by atoms with van der Waals surface area (Å²) in [6, 6.07) is 20.1. The zero-order valence-electron chi connectivity index (χ0n) is 19.2. The highest BCUT2D eigenvalue weighted by Gasteiger charge is 2.21. The SMILES string of the molecule is CC1=CSCN1c1ncc(Sc2cccc(OCCCN(C)C)c2)cc1Oc1ccccc1. The van der Waals surface area contributed by atoms with Crippen molar-refractivity contribution in [3.8, 4) is 17.2 Å². The van der Waals surface area contributed by atoms with Crippen LogP contribution >= 0.6 is 23.5 Å². The fourth-order valence-electron chi connectivity index (χ4n) is 3.33. The molecule has 0 amide bonds. The molecule has 0 unspecified atom stereocenters. The molecule has 2 aromatic carbocycles. The number of benzene rings is 2. The van der Waals surface area contributed by atoms with Crippen molar-refractivity contribution in [3.63, 3.8) is 0 Å². The van der Waals surface area contributed by atoms with Crippen molar-refractivity contribution in [2.24, 2.45) is 0 Å². The van der Waals surface area contributed by atoms with Gasteiger partial charge in [0.05, 0.1) is 12.5 Å². The second kappa shape index (κ2) is 11.5. The normalized spacial score (nSPS) is 13.3. The first kappa shape index (κ1) is 23.5. The average Bonchev–Trinajstić information content (AvgIpc) is 3.23. The number of rotatable bonds is 10. The number of pyridine rings is 1. The van der Waals surface area contributed by atoms with Crippen LogP contribution in [-0.4, -0.2) is 43.0 Å². The number of anilines is 1. The minimum absolute atomic E-state index is 0.707. The van der Waals surface area contributed by atoms with Crippen LogP contribution in [0.2, 0.25) is 0 Å². The third-order valence-corrected chi connectivity index (χ3v) is 6.84. The molecule has 1 aliphatic heterocycles. The van der Waals surface area contributed by atoms with E-state index in [9.17, 15) is 0 Å². The Kier molecular flexibility index (Phi) is 8.20. The topological polar surface area (TPSA) is 37.8 Å². The zero-order chi connectivity index (χ0) is 23.0. The predicted octanol–water partition coefficient (Wildman–Crippen LogP) is 6.73. The highest BCUT2D eigenvalue weighted by atomic mass is 32.2. The van der Waals surface area contributed by atoms with E-state index in [-0.39, 0.29) is 0 Å². The highest BCUT2D eigenvalue weighted by molar-refractivity contribution is 8.02. The number of para-hydroxylation sites is 1. The summed E-state index contributed by atoms with van der Waals surface area (Å²) in [5, 5.41) is 2.15. The standard InChI is InChI=1S/C26H29N3O2S2/c1-20-18-32-19-29(20)26-25(31-21-9-5-4-6-10-21)16-24(17-27-26)33-23-12-7-11-22(15-23)30-14-8-13-28(2)3/h4-7,9-12,15-18H,8,13-14,19H2,1-3H3. The fourth-order valence-corrected chi connectivity index (χ4v) is 5.11. The Bertz CT molecular complexity index is 1090. The summed E-state index contributed by atoms with van der Waals surface area (Å²) >= 11 is 3.42. The highest BCUT2D eigenvalue weighted by Crippen LogP contribution is 2.40. The second-order valence-corrected chi connectivity index (χ2v) is 9.95. The molecule has 2 heterocycles. The first-order valence-corrected chi connectivity index (χ1v) is 12.8. The van der Waals surface area contributed by atoms with Crippen LogP contribution in [0.15, 0.2) is 87.8 Å². The van der Waals surface area contributed by atoms with Gasteiger partial charge in [0.2, 0.25) is 0 Å². The van der Waals surface area contributed by atoms with E-state index >= 15 is 0 Å². The smallest absolute Gasteiger partial charge is 0.177 e. The Hall–Kier alpha value is -2.61. The van der Waals surface area contributed by atoms with Crippen molar-refractivity contribution >= 4 is 29.3 Å². The van der Waals surface area contributed by atoms with Gasteiger partial charge in [0, 0.05) is 34.3 Å². The summed E-state index contributed by atoms with van der Waals surface area (Å²) in [5.74, 6) is 4.10. The fraction of sp³-hybridized carbons (Fsp3) is 0.269. The number of allylic oxidation sites excluding steroid dienone is 1. The van der Waals surface area contributed by atoms with Crippen LogP contribution in [0.25, 0.3) is 0 Å². The number of ether oxygens (including phenoxy) is 2. The third kappa shape index (κ3) is 6.69. The second-order valence-electron chi connectivity index (χ2n) is 7.97. The molecular formula is C26H29N3O2S2. The van der Waals surface area contributed by atoms with Gasteiger partial charge >= 0.3 is 0 Å². The molecule has 5 nitrogen and oxygen atoms in total. The van der Waals surface area contributed by atoms with E-state index in [4.69, 9.17) is 14.5 Å². The Labute approximate surface area is 204 Å². The molecule has 0 fully saturated rings. The van der Waals surface area contributed by atoms with Gasteiger partial charge in [-0.2, -0.15) is 0 Å². The van der Waals surface area contributed by atoms with Gasteiger partial charge in [0.1, 0.15) is 11.5 Å². The molecule has 1 aromatic heterocycles. The summed E-state index contributed by atoms with van der Waals surface area (Å²) < 4.78 is 12.2. The van der Waals surface area contributed by atoms with Crippen LogP contribution in [0.5, 0.6) is 17.2 Å². The average molecular weight is 480 g/mol. The van der Waals surface area contributed by atoms with E-state index in [1.165, 1.54) is 5.70 Å². The summed E-state index contributed by atoms with van der Waals surface area (Å²) in [6.45, 7) is 3.82. The van der Waals surface area contributed by atoms with E-state index in [1.54, 1.807) is 23.5 Å². The summed E-state index contributed by atoms with van der Waals surface area (Å²) in [4.78, 5) is 11.3. The lowest BCUT2D eigenvalue weighted by Crippen LogP contribution is -2.18. The largest absolute Gasteiger partial charge is 0.494 e. The minimum Gasteiger partial charge on any atom is -0.494 e. The van der Waals surface area contributed by atoms with Crippen molar-refractivity contribution in [1.82, 2.24) is 9.88 Å². The van der Waals surface area contributed by atoms with Crippen molar-refractivity contribution in [2.75, 3.05) is 38.0 Å². The van der Waals surface area contributed by atoms with Gasteiger partial charge in [0.15, 0.2) is 11.6 Å². The molecule has 3 aromatic rings. The van der Waals surface area contributed by atoms with Crippen LogP contribution in [0.3, 0.4) is 0 Å². The van der Waals surface area contributed by atoms with Gasteiger partial charge in [-0.25, -0.2) is 4.98 Å². The lowest BCUT2D eigenvalue weighted by atomic mass is 10.3. The minimum atomic E-state index is 0.707. The number of hydrogen-bond donors (Lipinski definition) is 0. The van der Waals surface area contributed by atoms with Gasteiger partial charge in [-0.05, 0) is 63.2 Å². The first-order valence-electron chi connectivity index (χ1n) is 10.9. The number of thioether (sulfide) groups is 1. The van der Waals surface area contributed by atoms with E-state index in [0.29, 0.717) is 6.61 Å². The third-order valence-electron chi connectivity index (χ3n) is 4.98. The monoisotopic (exact) mass is 479 g/mol. The van der Waals surface area contributed by atoms with Gasteiger partial charge < -0.3 is 19.3 Å². The van der Waals surface area contributed by atoms with Crippen molar-refractivity contribution < 1.29 is 9.47 Å². The maximum absolute atomic E-state index is 6.27. The first-order chi connectivity index (χ1) is 16.1. The van der Waals surface area contributed by atoms with Crippen molar-refractivity contribution in [3.05, 3.63) is 78.0 Å². The number of nitrogens with zero attached hydrogens (tertiary/aromatic N) is 3. The Morgan fingerprint density at radius 3 is 2.61 bits per heavy atom. The number of hydrogen-bond acceptors (Lipinski definition) is 7. The van der Waals surface area contributed by atoms with Crippen LogP contribution in [0.4, 0.5) is 5.82 Å². The molecule has 0 saturated heterocycles. The molecule has 0 N–H and O–H groups in total. The predicted molar refractivity (Wildman–Crippen MR) is 139 cm³/mol. The van der Waals surface area contributed by atoms with Crippen molar-refractivity contribution in [1.29, 1.82) is 0 Å². The summed E-state index contributed by atoms with van der Waals surface area (Å²) in [5.41, 5.74) is 1.17. The van der Waals surface area contributed by atoms with E-state index in [2.05, 4.69) is 54.4 Å². The van der Waals surface area contributed by atoms with Crippen molar-refractivity contribution in [2.45, 2.75) is 23.1 Å². The molecule has 172 valence electrons. The Morgan fingerprint density at radius 1 is 1.03 bits per heavy atom. The molecule has 0 spiro atoms. The maximum Gasteiger partial charge on any atom is 0.177 e. The van der Waals surface area contributed by atoms with Gasteiger partial charge in [-0.1, -0.05) is 36.0 Å². The quantitative estimate of drug-likeness (QED) is 0.299. The van der Waals surface area contributed by atoms with Crippen LogP contribution in [0.1, 0.15) is 13.3 Å². The van der Waals surface area contributed by atoms with Crippen LogP contribution < -0.4 is 14.4 Å². The maximum atomic E-state index is 6.27. The molecule has 33 heavy (non-hydrogen) atoms. The van der Waals surface area contributed by atoms with Gasteiger partial charge in [-0.3, -0.25) is 0 Å². The summed E-state index contributed by atoms with van der Waals surface area (Å²) in [6.07, 6.45) is 2.91. The number of aromatic nitrogens is 1. The van der Waals surface area contributed by atoms with Gasteiger partial charge in [0.25, 0.3) is 0 Å². The Morgan fingerprint density at radius 2 is 1.85 bits per heavy atom. The Balaban J connectivity index is 1.52. The van der Waals surface area contributed by atoms with Crippen LogP contribution in [0, 0.1) is 0 Å². The molecule has 1 aliphatic rings. The van der Waals surface area contributed by atoms with E-state index in [1.807, 2.05) is 48.7 Å². The summed E-state index contributed by atoms with van der Waals surface area (Å²) in [7, 11) is 4.15. The lowest BCUT2D eigenvalue weighted by Gasteiger charge is -2.21. The molecule has 0 saturated carbocycles. The lowest BCUT2D eigenvalue weighted by molar-refractivity contribution is 0.281. The van der Waals surface area contributed by atoms with Gasteiger partial charge in [-0.15, -0.1) is 11.8 Å². The molecule has 0 bridgehead atoms. The molecule has 0 atom stereocenters. The molecule has 4 rings (SSSR count). The molecule has 0 radical (unpaired) electrons. The van der Waals surface area contributed by atoms with Crippen LogP contribution in [-0.2, 0) is 0 Å². The molecule has 0 aliphatic carbocycles. The van der Waals surface area contributed by atoms with E-state index < -0.39 is 0 Å². The zero-order valence-corrected chi connectivity index (χ0v) is 20.9. The molecular weight excluding hydrogens is 450 g/mol. The molecule has 7 heteroatoms.